The van der Waals surface area contributed by atoms with E-state index in [9.17, 15) is 0 Å². The van der Waals surface area contributed by atoms with Crippen LogP contribution in [0.15, 0.2) is 22.7 Å². The van der Waals surface area contributed by atoms with Crippen LogP contribution in [0.5, 0.6) is 0 Å². The summed E-state index contributed by atoms with van der Waals surface area (Å²) < 4.78 is 0.882. The van der Waals surface area contributed by atoms with E-state index in [-0.39, 0.29) is 12.6 Å². The minimum atomic E-state index is 0.171. The number of anilines is 1. The molecular formula is C12H15BrN2O. The average molecular weight is 283 g/mol. The van der Waals surface area contributed by atoms with Crippen molar-refractivity contribution in [3.63, 3.8) is 0 Å². The summed E-state index contributed by atoms with van der Waals surface area (Å²) in [6.07, 6.45) is 1.65. The lowest BCUT2D eigenvalue weighted by atomic mass is 10.1. The highest BCUT2D eigenvalue weighted by Gasteiger charge is 2.06. The predicted octanol–water partition coefficient (Wildman–Crippen LogP) is 2.89. The second kappa shape index (κ2) is 6.51. The fraction of sp³-hybridized carbons (Fsp3) is 0.417. The summed E-state index contributed by atoms with van der Waals surface area (Å²) in [6.45, 7) is 2.24. The molecule has 0 amide bonds. The Labute approximate surface area is 104 Å². The zero-order valence-corrected chi connectivity index (χ0v) is 10.8. The molecule has 2 N–H and O–H groups in total. The molecule has 0 aliphatic carbocycles. The molecule has 0 aliphatic rings. The minimum Gasteiger partial charge on any atom is -0.396 e. The molecule has 0 radical (unpaired) electrons. The number of aliphatic hydroxyl groups excluding tert-OH is 1. The normalized spacial score (nSPS) is 11.9. The van der Waals surface area contributed by atoms with Crippen LogP contribution in [-0.2, 0) is 0 Å². The van der Waals surface area contributed by atoms with Crippen molar-refractivity contribution < 1.29 is 5.11 Å². The lowest BCUT2D eigenvalue weighted by Crippen LogP contribution is -2.19. The minimum absolute atomic E-state index is 0.171. The van der Waals surface area contributed by atoms with Crippen molar-refractivity contribution in [3.8, 4) is 6.07 Å². The fourth-order valence-corrected chi connectivity index (χ4v) is 2.00. The van der Waals surface area contributed by atoms with E-state index in [1.165, 1.54) is 0 Å². The van der Waals surface area contributed by atoms with E-state index in [2.05, 4.69) is 34.2 Å². The van der Waals surface area contributed by atoms with Crippen molar-refractivity contribution in [3.05, 3.63) is 28.2 Å². The largest absolute Gasteiger partial charge is 0.396 e. The van der Waals surface area contributed by atoms with E-state index in [4.69, 9.17) is 10.4 Å². The zero-order valence-electron chi connectivity index (χ0n) is 9.20. The third-order valence-corrected chi connectivity index (χ3v) is 2.83. The van der Waals surface area contributed by atoms with Gasteiger partial charge in [0, 0.05) is 22.8 Å². The van der Waals surface area contributed by atoms with Crippen molar-refractivity contribution in [2.45, 2.75) is 25.8 Å². The number of benzene rings is 1. The maximum Gasteiger partial charge on any atom is 0.0992 e. The summed E-state index contributed by atoms with van der Waals surface area (Å²) in [5.74, 6) is 0. The fourth-order valence-electron chi connectivity index (χ4n) is 1.51. The molecule has 3 nitrogen and oxygen atoms in total. The van der Waals surface area contributed by atoms with Gasteiger partial charge < -0.3 is 10.4 Å². The number of nitrogens with zero attached hydrogens (tertiary/aromatic N) is 1. The quantitative estimate of drug-likeness (QED) is 0.873. The topological polar surface area (TPSA) is 56.0 Å². The Balaban J connectivity index is 2.80. The van der Waals surface area contributed by atoms with Gasteiger partial charge in [0.25, 0.3) is 0 Å². The van der Waals surface area contributed by atoms with Crippen molar-refractivity contribution in [1.29, 1.82) is 5.26 Å². The second-order valence-corrected chi connectivity index (χ2v) is 4.52. The summed E-state index contributed by atoms with van der Waals surface area (Å²) in [6, 6.07) is 7.87. The highest BCUT2D eigenvalue weighted by Crippen LogP contribution is 2.20. The third kappa shape index (κ3) is 3.84. The first-order valence-corrected chi connectivity index (χ1v) is 6.07. The third-order valence-electron chi connectivity index (χ3n) is 2.37. The Hall–Kier alpha value is -1.05. The van der Waals surface area contributed by atoms with Gasteiger partial charge in [-0.05, 0) is 31.0 Å². The second-order valence-electron chi connectivity index (χ2n) is 3.60. The Morgan fingerprint density at radius 3 is 2.81 bits per heavy atom. The summed E-state index contributed by atoms with van der Waals surface area (Å²) in [5, 5.41) is 21.0. The summed E-state index contributed by atoms with van der Waals surface area (Å²) in [4.78, 5) is 0. The molecule has 0 heterocycles. The predicted molar refractivity (Wildman–Crippen MR) is 68.3 cm³/mol. The van der Waals surface area contributed by atoms with Crippen LogP contribution in [-0.4, -0.2) is 17.8 Å². The van der Waals surface area contributed by atoms with Crippen LogP contribution in [0.3, 0.4) is 0 Å². The molecule has 1 unspecified atom stereocenters. The van der Waals surface area contributed by atoms with Gasteiger partial charge in [0.05, 0.1) is 11.6 Å². The van der Waals surface area contributed by atoms with Crippen molar-refractivity contribution >= 4 is 21.6 Å². The highest BCUT2D eigenvalue weighted by molar-refractivity contribution is 9.10. The van der Waals surface area contributed by atoms with Gasteiger partial charge in [-0.15, -0.1) is 0 Å². The Kier molecular flexibility index (Phi) is 5.30. The Bertz CT molecular complexity index is 387. The lowest BCUT2D eigenvalue weighted by Gasteiger charge is -2.17. The molecule has 0 aliphatic heterocycles. The Morgan fingerprint density at radius 1 is 1.50 bits per heavy atom. The van der Waals surface area contributed by atoms with Gasteiger partial charge in [0.2, 0.25) is 0 Å². The molecule has 0 bridgehead atoms. The first kappa shape index (κ1) is 13.0. The van der Waals surface area contributed by atoms with Crippen molar-refractivity contribution in [2.24, 2.45) is 0 Å². The molecule has 0 aromatic heterocycles. The number of nitriles is 1. The molecular weight excluding hydrogens is 268 g/mol. The van der Waals surface area contributed by atoms with Gasteiger partial charge >= 0.3 is 0 Å². The lowest BCUT2D eigenvalue weighted by molar-refractivity contribution is 0.278. The van der Waals surface area contributed by atoms with Crippen molar-refractivity contribution in [1.82, 2.24) is 0 Å². The maximum atomic E-state index is 8.90. The van der Waals surface area contributed by atoms with Crippen LogP contribution in [0, 0.1) is 11.3 Å². The molecule has 4 heteroatoms. The summed E-state index contributed by atoms with van der Waals surface area (Å²) in [5.41, 5.74) is 1.53. The standard InChI is InChI=1S/C12H15BrN2O/c1-2-11(3-4-16)15-12-6-9(8-14)5-10(13)7-12/h5-7,11,15-16H,2-4H2,1H3. The molecule has 16 heavy (non-hydrogen) atoms. The summed E-state index contributed by atoms with van der Waals surface area (Å²) in [7, 11) is 0. The van der Waals surface area contributed by atoms with Gasteiger partial charge in [0.15, 0.2) is 0 Å². The van der Waals surface area contributed by atoms with Crippen LogP contribution >= 0.6 is 15.9 Å². The van der Waals surface area contributed by atoms with Gasteiger partial charge in [-0.2, -0.15) is 5.26 Å². The molecule has 1 aromatic carbocycles. The van der Waals surface area contributed by atoms with Crippen LogP contribution in [0.4, 0.5) is 5.69 Å². The van der Waals surface area contributed by atoms with Crippen molar-refractivity contribution in [2.75, 3.05) is 11.9 Å². The van der Waals surface area contributed by atoms with Gasteiger partial charge in [-0.1, -0.05) is 22.9 Å². The van der Waals surface area contributed by atoms with E-state index in [1.807, 2.05) is 12.1 Å². The van der Waals surface area contributed by atoms with E-state index < -0.39 is 0 Å². The van der Waals surface area contributed by atoms with E-state index in [1.54, 1.807) is 6.07 Å². The van der Waals surface area contributed by atoms with Crippen LogP contribution in [0.1, 0.15) is 25.3 Å². The van der Waals surface area contributed by atoms with E-state index in [0.717, 1.165) is 16.6 Å². The van der Waals surface area contributed by atoms with E-state index in [0.29, 0.717) is 12.0 Å². The number of halogens is 1. The average Bonchev–Trinajstić information content (AvgIpc) is 2.27. The molecule has 1 rings (SSSR count). The molecule has 1 atom stereocenters. The van der Waals surface area contributed by atoms with Gasteiger partial charge in [-0.25, -0.2) is 0 Å². The number of hydrogen-bond donors (Lipinski definition) is 2. The number of hydrogen-bond acceptors (Lipinski definition) is 3. The number of aliphatic hydroxyl groups is 1. The molecule has 0 saturated carbocycles. The Morgan fingerprint density at radius 2 is 2.25 bits per heavy atom. The first-order valence-electron chi connectivity index (χ1n) is 5.27. The van der Waals surface area contributed by atoms with Gasteiger partial charge in [-0.3, -0.25) is 0 Å². The van der Waals surface area contributed by atoms with Crippen LogP contribution < -0.4 is 5.32 Å². The molecule has 1 aromatic rings. The highest BCUT2D eigenvalue weighted by atomic mass is 79.9. The smallest absolute Gasteiger partial charge is 0.0992 e. The summed E-state index contributed by atoms with van der Waals surface area (Å²) >= 11 is 3.36. The van der Waals surface area contributed by atoms with Crippen LogP contribution in [0.25, 0.3) is 0 Å². The zero-order chi connectivity index (χ0) is 12.0. The van der Waals surface area contributed by atoms with Crippen LogP contribution in [0.2, 0.25) is 0 Å². The molecule has 0 saturated heterocycles. The number of nitrogens with one attached hydrogen (secondary N) is 1. The molecule has 86 valence electrons. The number of rotatable bonds is 5. The molecule has 0 spiro atoms. The monoisotopic (exact) mass is 282 g/mol. The van der Waals surface area contributed by atoms with Gasteiger partial charge in [0.1, 0.15) is 0 Å². The SMILES string of the molecule is CCC(CCO)Nc1cc(Br)cc(C#N)c1. The first-order chi connectivity index (χ1) is 7.69. The maximum absolute atomic E-state index is 8.90. The molecule has 0 fully saturated rings. The van der Waals surface area contributed by atoms with E-state index >= 15 is 0 Å².